The van der Waals surface area contributed by atoms with E-state index in [2.05, 4.69) is 23.8 Å². The molecule has 0 atom stereocenters. The molecule has 0 unspecified atom stereocenters. The van der Waals surface area contributed by atoms with Gasteiger partial charge in [0.25, 0.3) is 0 Å². The van der Waals surface area contributed by atoms with Crippen molar-refractivity contribution in [1.82, 2.24) is 9.97 Å². The van der Waals surface area contributed by atoms with Crippen LogP contribution in [0, 0.1) is 0 Å². The molecule has 0 saturated carbocycles. The Morgan fingerprint density at radius 3 is 2.15 bits per heavy atom. The van der Waals surface area contributed by atoms with Gasteiger partial charge in [-0.05, 0) is 19.8 Å². The number of hydrogen-bond donors (Lipinski definition) is 1. The molecule has 1 aromatic rings. The molecule has 0 aliphatic carbocycles. The van der Waals surface area contributed by atoms with Gasteiger partial charge in [-0.25, -0.2) is 0 Å². The van der Waals surface area contributed by atoms with Gasteiger partial charge in [-0.2, -0.15) is 0 Å². The third-order valence-corrected chi connectivity index (χ3v) is 1.92. The summed E-state index contributed by atoms with van der Waals surface area (Å²) in [7, 11) is 0. The Labute approximate surface area is 79.4 Å². The van der Waals surface area contributed by atoms with Crippen molar-refractivity contribution >= 4 is 0 Å². The lowest BCUT2D eigenvalue weighted by molar-refractivity contribution is 0.530. The van der Waals surface area contributed by atoms with Crippen molar-refractivity contribution in [3.8, 4) is 0 Å². The van der Waals surface area contributed by atoms with E-state index in [0.29, 0.717) is 5.92 Å². The van der Waals surface area contributed by atoms with E-state index in [9.17, 15) is 0 Å². The van der Waals surface area contributed by atoms with Crippen molar-refractivity contribution in [3.05, 3.63) is 23.8 Å². The molecule has 2 N–H and O–H groups in total. The molecule has 1 aromatic heterocycles. The average Bonchev–Trinajstić information content (AvgIpc) is 2.03. The van der Waals surface area contributed by atoms with E-state index in [-0.39, 0.29) is 0 Å². The third kappa shape index (κ3) is 2.49. The van der Waals surface area contributed by atoms with E-state index in [4.69, 9.17) is 5.73 Å². The van der Waals surface area contributed by atoms with E-state index >= 15 is 0 Å². The lowest BCUT2D eigenvalue weighted by Gasteiger charge is -2.17. The Morgan fingerprint density at radius 2 is 1.85 bits per heavy atom. The first-order valence-corrected chi connectivity index (χ1v) is 4.52. The lowest BCUT2D eigenvalue weighted by Crippen LogP contribution is -2.30. The highest BCUT2D eigenvalue weighted by Crippen LogP contribution is 2.15. The third-order valence-electron chi connectivity index (χ3n) is 1.92. The summed E-state index contributed by atoms with van der Waals surface area (Å²) in [6, 6.07) is 0. The Morgan fingerprint density at radius 1 is 1.23 bits per heavy atom. The van der Waals surface area contributed by atoms with Crippen LogP contribution in [0.2, 0.25) is 0 Å². The normalized spacial score (nSPS) is 12.2. The van der Waals surface area contributed by atoms with Crippen LogP contribution in [0.25, 0.3) is 0 Å². The van der Waals surface area contributed by atoms with E-state index in [0.717, 1.165) is 11.4 Å². The summed E-state index contributed by atoms with van der Waals surface area (Å²) < 4.78 is 0. The highest BCUT2D eigenvalue weighted by Gasteiger charge is 2.16. The van der Waals surface area contributed by atoms with Gasteiger partial charge in [0.15, 0.2) is 0 Å². The lowest BCUT2D eigenvalue weighted by atomic mass is 10.0. The highest BCUT2D eigenvalue weighted by molar-refractivity contribution is 5.11. The molecule has 0 saturated heterocycles. The number of aromatic nitrogens is 2. The molecule has 0 fully saturated rings. The summed E-state index contributed by atoms with van der Waals surface area (Å²) >= 11 is 0. The maximum atomic E-state index is 5.88. The van der Waals surface area contributed by atoms with Gasteiger partial charge in [0, 0.05) is 6.20 Å². The molecule has 0 bridgehead atoms. The zero-order chi connectivity index (χ0) is 10.1. The monoisotopic (exact) mass is 179 g/mol. The van der Waals surface area contributed by atoms with Crippen molar-refractivity contribution in [2.24, 2.45) is 5.73 Å². The zero-order valence-electron chi connectivity index (χ0n) is 8.70. The van der Waals surface area contributed by atoms with Crippen LogP contribution >= 0.6 is 0 Å². The van der Waals surface area contributed by atoms with Crippen LogP contribution in [0.3, 0.4) is 0 Å². The van der Waals surface area contributed by atoms with Crippen LogP contribution < -0.4 is 5.73 Å². The van der Waals surface area contributed by atoms with Crippen molar-refractivity contribution in [2.75, 3.05) is 0 Å². The van der Waals surface area contributed by atoms with Gasteiger partial charge in [-0.1, -0.05) is 13.8 Å². The molecular formula is C10H17N3. The van der Waals surface area contributed by atoms with Crippen LogP contribution in [0.5, 0.6) is 0 Å². The minimum Gasteiger partial charge on any atom is -0.321 e. The second-order valence-electron chi connectivity index (χ2n) is 4.20. The van der Waals surface area contributed by atoms with Crippen LogP contribution in [0.4, 0.5) is 0 Å². The summed E-state index contributed by atoms with van der Waals surface area (Å²) in [5, 5.41) is 0. The van der Waals surface area contributed by atoms with Crippen molar-refractivity contribution in [3.63, 3.8) is 0 Å². The molecule has 3 nitrogen and oxygen atoms in total. The Hall–Kier alpha value is -0.960. The van der Waals surface area contributed by atoms with Crippen molar-refractivity contribution in [2.45, 2.75) is 39.2 Å². The summed E-state index contributed by atoms with van der Waals surface area (Å²) in [6.45, 7) is 8.03. The molecule has 1 rings (SSSR count). The highest BCUT2D eigenvalue weighted by atomic mass is 14.9. The summed E-state index contributed by atoms with van der Waals surface area (Å²) in [4.78, 5) is 8.59. The number of hydrogen-bond acceptors (Lipinski definition) is 3. The fourth-order valence-electron chi connectivity index (χ4n) is 0.969. The molecule has 13 heavy (non-hydrogen) atoms. The van der Waals surface area contributed by atoms with E-state index in [1.807, 2.05) is 13.8 Å². The van der Waals surface area contributed by atoms with Crippen LogP contribution in [0.1, 0.15) is 45.0 Å². The van der Waals surface area contributed by atoms with Crippen LogP contribution in [-0.4, -0.2) is 9.97 Å². The molecule has 0 aliphatic rings. The van der Waals surface area contributed by atoms with E-state index < -0.39 is 5.54 Å². The molecule has 1 heterocycles. The van der Waals surface area contributed by atoms with Gasteiger partial charge in [0.2, 0.25) is 0 Å². The molecule has 0 spiro atoms. The first-order valence-electron chi connectivity index (χ1n) is 4.52. The van der Waals surface area contributed by atoms with Crippen molar-refractivity contribution < 1.29 is 0 Å². The maximum Gasteiger partial charge on any atom is 0.0779 e. The van der Waals surface area contributed by atoms with Crippen LogP contribution in [-0.2, 0) is 5.54 Å². The molecule has 72 valence electrons. The Balaban J connectivity index is 2.94. The minimum atomic E-state index is -0.400. The van der Waals surface area contributed by atoms with Gasteiger partial charge in [-0.15, -0.1) is 0 Å². The fourth-order valence-corrected chi connectivity index (χ4v) is 0.969. The molecule has 0 aliphatic heterocycles. The number of nitrogens with zero attached hydrogens (tertiary/aromatic N) is 2. The standard InChI is InChI=1S/C10H17N3/c1-7(2)8-5-13-9(6-12-8)10(3,4)11/h5-7H,11H2,1-4H3. The first kappa shape index (κ1) is 10.1. The molecule has 0 amide bonds. The van der Waals surface area contributed by atoms with Crippen molar-refractivity contribution in [1.29, 1.82) is 0 Å². The zero-order valence-corrected chi connectivity index (χ0v) is 8.70. The molecule has 0 aromatic carbocycles. The predicted molar refractivity (Wildman–Crippen MR) is 53.3 cm³/mol. The van der Waals surface area contributed by atoms with Gasteiger partial charge < -0.3 is 5.73 Å². The largest absolute Gasteiger partial charge is 0.321 e. The molecule has 0 radical (unpaired) electrons. The quantitative estimate of drug-likeness (QED) is 0.753. The minimum absolute atomic E-state index is 0.400. The molecule has 3 heteroatoms. The first-order chi connectivity index (χ1) is 5.91. The second-order valence-corrected chi connectivity index (χ2v) is 4.20. The maximum absolute atomic E-state index is 5.88. The van der Waals surface area contributed by atoms with Crippen LogP contribution in [0.15, 0.2) is 12.4 Å². The summed E-state index contributed by atoms with van der Waals surface area (Å²) in [6.07, 6.45) is 3.56. The van der Waals surface area contributed by atoms with E-state index in [1.165, 1.54) is 0 Å². The second kappa shape index (κ2) is 3.42. The SMILES string of the molecule is CC(C)c1cnc(C(C)(C)N)cn1. The average molecular weight is 179 g/mol. The molecular weight excluding hydrogens is 162 g/mol. The Kier molecular flexibility index (Phi) is 2.66. The predicted octanol–water partition coefficient (Wildman–Crippen LogP) is 1.79. The van der Waals surface area contributed by atoms with Gasteiger partial charge in [-0.3, -0.25) is 9.97 Å². The van der Waals surface area contributed by atoms with Gasteiger partial charge in [0.1, 0.15) is 0 Å². The Bertz CT molecular complexity index is 269. The number of nitrogens with two attached hydrogens (primary N) is 1. The summed E-state index contributed by atoms with van der Waals surface area (Å²) in [5.41, 5.74) is 7.32. The smallest absolute Gasteiger partial charge is 0.0779 e. The van der Waals surface area contributed by atoms with Gasteiger partial charge in [0.05, 0.1) is 23.1 Å². The fraction of sp³-hybridized carbons (Fsp3) is 0.600. The summed E-state index contributed by atoms with van der Waals surface area (Å²) in [5.74, 6) is 0.419. The van der Waals surface area contributed by atoms with Gasteiger partial charge >= 0.3 is 0 Å². The topological polar surface area (TPSA) is 51.8 Å². The van der Waals surface area contributed by atoms with E-state index in [1.54, 1.807) is 12.4 Å². The number of rotatable bonds is 2.